The number of H-pyrrole nitrogens is 1. The Labute approximate surface area is 137 Å². The van der Waals surface area contributed by atoms with E-state index in [1.54, 1.807) is 23.5 Å². The van der Waals surface area contributed by atoms with E-state index in [-0.39, 0.29) is 0 Å². The van der Waals surface area contributed by atoms with Crippen LogP contribution in [0.15, 0.2) is 23.6 Å². The van der Waals surface area contributed by atoms with Gasteiger partial charge in [0.25, 0.3) is 5.91 Å². The van der Waals surface area contributed by atoms with Crippen molar-refractivity contribution < 1.29 is 4.79 Å². The Morgan fingerprint density at radius 2 is 2.26 bits per heavy atom. The summed E-state index contributed by atoms with van der Waals surface area (Å²) in [6.07, 6.45) is 3.84. The molecular formula is C16H17N5OS. The van der Waals surface area contributed by atoms with Gasteiger partial charge in [-0.25, -0.2) is 9.97 Å². The smallest absolute Gasteiger partial charge is 0.250 e. The van der Waals surface area contributed by atoms with E-state index in [1.165, 1.54) is 19.3 Å². The van der Waals surface area contributed by atoms with Gasteiger partial charge in [-0.05, 0) is 25.0 Å². The number of amides is 1. The number of imidazole rings is 1. The first kappa shape index (κ1) is 14.3. The number of fused-ring (bicyclic) bond motifs is 1. The summed E-state index contributed by atoms with van der Waals surface area (Å²) in [5.74, 6) is 0.192. The minimum Gasteiger partial charge on any atom is -0.366 e. The van der Waals surface area contributed by atoms with Gasteiger partial charge in [-0.3, -0.25) is 4.79 Å². The Morgan fingerprint density at radius 1 is 1.39 bits per heavy atom. The van der Waals surface area contributed by atoms with Gasteiger partial charge in [0.2, 0.25) is 0 Å². The van der Waals surface area contributed by atoms with E-state index in [2.05, 4.69) is 20.3 Å². The van der Waals surface area contributed by atoms with Crippen LogP contribution in [0.5, 0.6) is 0 Å². The highest BCUT2D eigenvalue weighted by atomic mass is 32.1. The normalized spacial score (nSPS) is 15.0. The molecule has 7 heteroatoms. The Balaban J connectivity index is 1.60. The molecule has 1 aliphatic carbocycles. The molecule has 0 saturated heterocycles. The van der Waals surface area contributed by atoms with Crippen molar-refractivity contribution in [1.29, 1.82) is 0 Å². The maximum Gasteiger partial charge on any atom is 0.250 e. The van der Waals surface area contributed by atoms with Crippen LogP contribution in [-0.2, 0) is 6.54 Å². The van der Waals surface area contributed by atoms with Gasteiger partial charge >= 0.3 is 0 Å². The van der Waals surface area contributed by atoms with Crippen molar-refractivity contribution in [1.82, 2.24) is 20.3 Å². The Hall–Kier alpha value is -2.25. The van der Waals surface area contributed by atoms with E-state index < -0.39 is 5.91 Å². The van der Waals surface area contributed by atoms with Crippen molar-refractivity contribution in [2.24, 2.45) is 5.73 Å². The fourth-order valence-electron chi connectivity index (χ4n) is 2.70. The van der Waals surface area contributed by atoms with Gasteiger partial charge in [0.15, 0.2) is 5.82 Å². The lowest BCUT2D eigenvalue weighted by Crippen LogP contribution is -2.34. The quantitative estimate of drug-likeness (QED) is 0.670. The van der Waals surface area contributed by atoms with Gasteiger partial charge in [0.05, 0.1) is 11.1 Å². The molecule has 4 rings (SSSR count). The van der Waals surface area contributed by atoms with Crippen molar-refractivity contribution in [2.75, 3.05) is 0 Å². The molecule has 0 atom stereocenters. The van der Waals surface area contributed by atoms with E-state index in [0.717, 1.165) is 22.8 Å². The summed E-state index contributed by atoms with van der Waals surface area (Å²) in [5, 5.41) is 6.54. The number of hydrogen-bond donors (Lipinski definition) is 3. The molecule has 1 aliphatic rings. The van der Waals surface area contributed by atoms with Crippen molar-refractivity contribution in [3.8, 4) is 11.5 Å². The lowest BCUT2D eigenvalue weighted by Gasteiger charge is -2.25. The molecule has 0 bridgehead atoms. The maximum atomic E-state index is 11.5. The molecule has 1 amide bonds. The number of aromatic nitrogens is 3. The first-order chi connectivity index (χ1) is 11.2. The fourth-order valence-corrected chi connectivity index (χ4v) is 3.43. The minimum absolute atomic E-state index is 0.423. The summed E-state index contributed by atoms with van der Waals surface area (Å²) in [5.41, 5.74) is 8.01. The monoisotopic (exact) mass is 327 g/mol. The zero-order valence-electron chi connectivity index (χ0n) is 12.5. The van der Waals surface area contributed by atoms with Gasteiger partial charge in [-0.15, -0.1) is 11.3 Å². The number of rotatable bonds is 5. The standard InChI is InChI=1S/C16H17N5OS/c17-15(22)10-5-2-6-11-14(10)21-16(20-11)12-8-23-13(19-12)7-18-9-3-1-4-9/h2,5-6,8-9,18H,1,3-4,7H2,(H2,17,22)(H,20,21). The SMILES string of the molecule is NC(=O)c1cccc2[nH]c(-c3csc(CNC4CCC4)n3)nc12. The molecule has 0 aliphatic heterocycles. The van der Waals surface area contributed by atoms with Crippen LogP contribution in [0.4, 0.5) is 0 Å². The minimum atomic E-state index is -0.475. The van der Waals surface area contributed by atoms with Crippen molar-refractivity contribution in [3.63, 3.8) is 0 Å². The number of nitrogens with one attached hydrogen (secondary N) is 2. The third-order valence-electron chi connectivity index (χ3n) is 4.22. The first-order valence-corrected chi connectivity index (χ1v) is 8.55. The topological polar surface area (TPSA) is 96.7 Å². The number of nitrogens with two attached hydrogens (primary N) is 1. The number of nitrogens with zero attached hydrogens (tertiary/aromatic N) is 2. The second-order valence-electron chi connectivity index (χ2n) is 5.79. The molecule has 4 N–H and O–H groups in total. The molecular weight excluding hydrogens is 310 g/mol. The van der Waals surface area contributed by atoms with E-state index in [9.17, 15) is 4.79 Å². The number of aromatic amines is 1. The van der Waals surface area contributed by atoms with Gasteiger partial charge in [0.1, 0.15) is 16.2 Å². The summed E-state index contributed by atoms with van der Waals surface area (Å²) in [6.45, 7) is 0.794. The third kappa shape index (κ3) is 2.73. The summed E-state index contributed by atoms with van der Waals surface area (Å²) >= 11 is 1.62. The molecule has 0 radical (unpaired) electrons. The molecule has 3 aromatic rings. The van der Waals surface area contributed by atoms with Crippen LogP contribution in [0.2, 0.25) is 0 Å². The summed E-state index contributed by atoms with van der Waals surface area (Å²) in [4.78, 5) is 23.8. The average molecular weight is 327 g/mol. The predicted molar refractivity (Wildman–Crippen MR) is 90.2 cm³/mol. The second-order valence-corrected chi connectivity index (χ2v) is 6.73. The van der Waals surface area contributed by atoms with Gasteiger partial charge in [-0.1, -0.05) is 12.5 Å². The largest absolute Gasteiger partial charge is 0.366 e. The summed E-state index contributed by atoms with van der Waals surface area (Å²) < 4.78 is 0. The van der Waals surface area contributed by atoms with E-state index in [0.29, 0.717) is 22.9 Å². The molecule has 118 valence electrons. The van der Waals surface area contributed by atoms with Crippen molar-refractivity contribution >= 4 is 28.3 Å². The Kier molecular flexibility index (Phi) is 3.59. The highest BCUT2D eigenvalue weighted by Gasteiger charge is 2.17. The van der Waals surface area contributed by atoms with Crippen LogP contribution in [0, 0.1) is 0 Å². The van der Waals surface area contributed by atoms with Crippen LogP contribution in [0.25, 0.3) is 22.6 Å². The lowest BCUT2D eigenvalue weighted by atomic mass is 9.93. The first-order valence-electron chi connectivity index (χ1n) is 7.67. The van der Waals surface area contributed by atoms with Crippen molar-refractivity contribution in [2.45, 2.75) is 31.8 Å². The second kappa shape index (κ2) is 5.75. The number of carbonyl (C=O) groups excluding carboxylic acids is 1. The average Bonchev–Trinajstić information content (AvgIpc) is 3.10. The van der Waals surface area contributed by atoms with Crippen molar-refractivity contribution in [3.05, 3.63) is 34.2 Å². The molecule has 0 spiro atoms. The number of primary amides is 1. The van der Waals surface area contributed by atoms with Crippen LogP contribution in [0.1, 0.15) is 34.6 Å². The molecule has 1 fully saturated rings. The molecule has 1 aromatic carbocycles. The van der Waals surface area contributed by atoms with Crippen LogP contribution in [-0.4, -0.2) is 26.9 Å². The number of thiazole rings is 1. The number of hydrogen-bond acceptors (Lipinski definition) is 5. The van der Waals surface area contributed by atoms with E-state index >= 15 is 0 Å². The lowest BCUT2D eigenvalue weighted by molar-refractivity contribution is 0.100. The molecule has 23 heavy (non-hydrogen) atoms. The van der Waals surface area contributed by atoms with E-state index in [1.807, 2.05) is 11.4 Å². The highest BCUT2D eigenvalue weighted by Crippen LogP contribution is 2.25. The molecule has 2 aromatic heterocycles. The number of benzene rings is 1. The summed E-state index contributed by atoms with van der Waals surface area (Å²) in [7, 11) is 0. The zero-order chi connectivity index (χ0) is 15.8. The molecule has 1 saturated carbocycles. The number of carbonyl (C=O) groups is 1. The fraction of sp³-hybridized carbons (Fsp3) is 0.312. The van der Waals surface area contributed by atoms with Gasteiger partial charge in [0, 0.05) is 18.0 Å². The number of para-hydroxylation sites is 1. The Morgan fingerprint density at radius 3 is 3.00 bits per heavy atom. The molecule has 0 unspecified atom stereocenters. The zero-order valence-corrected chi connectivity index (χ0v) is 13.3. The van der Waals surface area contributed by atoms with Crippen LogP contribution < -0.4 is 11.1 Å². The Bertz CT molecular complexity index is 864. The molecule has 2 heterocycles. The predicted octanol–water partition coefficient (Wildman–Crippen LogP) is 2.43. The third-order valence-corrected chi connectivity index (χ3v) is 5.07. The van der Waals surface area contributed by atoms with Gasteiger partial charge in [-0.2, -0.15) is 0 Å². The van der Waals surface area contributed by atoms with Crippen LogP contribution in [0.3, 0.4) is 0 Å². The molecule has 6 nitrogen and oxygen atoms in total. The van der Waals surface area contributed by atoms with E-state index in [4.69, 9.17) is 5.73 Å². The van der Waals surface area contributed by atoms with Gasteiger partial charge < -0.3 is 16.0 Å². The van der Waals surface area contributed by atoms with Crippen LogP contribution >= 0.6 is 11.3 Å². The maximum absolute atomic E-state index is 11.5. The summed E-state index contributed by atoms with van der Waals surface area (Å²) in [6, 6.07) is 6.00. The highest BCUT2D eigenvalue weighted by molar-refractivity contribution is 7.09.